The molecule has 5 rings (SSSR count). The lowest BCUT2D eigenvalue weighted by atomic mass is 10.1. The third-order valence-corrected chi connectivity index (χ3v) is 5.44. The fraction of sp³-hybridized carbons (Fsp3) is 0.120. The van der Waals surface area contributed by atoms with Crippen LogP contribution in [0.5, 0.6) is 0 Å². The van der Waals surface area contributed by atoms with Crippen LogP contribution in [0.3, 0.4) is 0 Å². The van der Waals surface area contributed by atoms with Crippen molar-refractivity contribution in [2.24, 2.45) is 0 Å². The summed E-state index contributed by atoms with van der Waals surface area (Å²) in [5.74, 6) is 0.679. The van der Waals surface area contributed by atoms with Crippen molar-refractivity contribution in [2.45, 2.75) is 13.3 Å². The molecule has 0 saturated carbocycles. The maximum Gasteiger partial charge on any atom is 0.258 e. The molecule has 7 nitrogen and oxygen atoms in total. The van der Waals surface area contributed by atoms with Crippen LogP contribution in [-0.2, 0) is 6.42 Å². The number of aryl methyl sites for hydroxylation is 1. The molecule has 4 aromatic rings. The summed E-state index contributed by atoms with van der Waals surface area (Å²) in [6, 6.07) is 21.8. The topological polar surface area (TPSA) is 88.3 Å². The number of carbonyl (C=O) groups excluding carboxylic acids is 2. The van der Waals surface area contributed by atoms with Crippen LogP contribution in [0.2, 0.25) is 0 Å². The van der Waals surface area contributed by atoms with Gasteiger partial charge < -0.3 is 14.7 Å². The molecule has 7 heteroatoms. The summed E-state index contributed by atoms with van der Waals surface area (Å²) in [7, 11) is 0. The number of carbonyl (C=O) groups is 2. The van der Waals surface area contributed by atoms with E-state index < -0.39 is 0 Å². The van der Waals surface area contributed by atoms with Crippen LogP contribution in [0.4, 0.5) is 11.4 Å². The summed E-state index contributed by atoms with van der Waals surface area (Å²) in [6.07, 6.45) is 0.862. The van der Waals surface area contributed by atoms with Gasteiger partial charge in [-0.15, -0.1) is 0 Å². The molecule has 32 heavy (non-hydrogen) atoms. The van der Waals surface area contributed by atoms with Crippen molar-refractivity contribution >= 4 is 23.2 Å². The van der Waals surface area contributed by atoms with Crippen LogP contribution in [0.1, 0.15) is 32.1 Å². The maximum absolute atomic E-state index is 12.9. The number of nitrogens with zero attached hydrogens (tertiary/aromatic N) is 3. The Labute approximate surface area is 184 Å². The molecule has 0 aliphatic carbocycles. The molecule has 0 saturated heterocycles. The number of para-hydroxylation sites is 1. The van der Waals surface area contributed by atoms with Crippen LogP contribution in [-0.4, -0.2) is 28.5 Å². The van der Waals surface area contributed by atoms with Gasteiger partial charge in [0.2, 0.25) is 0 Å². The Morgan fingerprint density at radius 1 is 0.938 bits per heavy atom. The first-order chi connectivity index (χ1) is 15.6. The van der Waals surface area contributed by atoms with Gasteiger partial charge in [-0.1, -0.05) is 23.4 Å². The third-order valence-electron chi connectivity index (χ3n) is 5.44. The molecule has 2 heterocycles. The standard InChI is InChI=1S/C25H20N4O3/c1-16-26-24(32-28-16)19-8-6-18(7-9-19)23(30)27-21-12-10-20(11-13-21)25(31)29-15-14-17-4-2-3-5-22(17)29/h2-13H,14-15H2,1H3,(H,27,30). The Hall–Kier alpha value is -4.26. The number of aromatic nitrogens is 2. The molecule has 1 aliphatic heterocycles. The minimum absolute atomic E-state index is 0.0420. The molecule has 1 aliphatic rings. The molecular formula is C25H20N4O3. The zero-order valence-corrected chi connectivity index (χ0v) is 17.4. The normalized spacial score (nSPS) is 12.5. The highest BCUT2D eigenvalue weighted by Crippen LogP contribution is 2.29. The van der Waals surface area contributed by atoms with E-state index in [1.165, 1.54) is 5.56 Å². The van der Waals surface area contributed by atoms with E-state index in [1.54, 1.807) is 60.4 Å². The van der Waals surface area contributed by atoms with E-state index >= 15 is 0 Å². The number of benzene rings is 3. The molecule has 3 aromatic carbocycles. The zero-order valence-electron chi connectivity index (χ0n) is 17.4. The van der Waals surface area contributed by atoms with E-state index in [0.29, 0.717) is 35.1 Å². The molecule has 0 unspecified atom stereocenters. The number of hydrogen-bond acceptors (Lipinski definition) is 5. The van der Waals surface area contributed by atoms with Gasteiger partial charge in [0.1, 0.15) is 0 Å². The average Bonchev–Trinajstić information content (AvgIpc) is 3.45. The number of anilines is 2. The van der Waals surface area contributed by atoms with E-state index in [-0.39, 0.29) is 11.8 Å². The van der Waals surface area contributed by atoms with Gasteiger partial charge in [-0.25, -0.2) is 0 Å². The molecule has 2 amide bonds. The molecule has 0 atom stereocenters. The van der Waals surface area contributed by atoms with E-state index in [0.717, 1.165) is 17.7 Å². The molecule has 0 radical (unpaired) electrons. The van der Waals surface area contributed by atoms with Crippen molar-refractivity contribution < 1.29 is 14.1 Å². The molecule has 0 fully saturated rings. The van der Waals surface area contributed by atoms with Crippen molar-refractivity contribution in [3.63, 3.8) is 0 Å². The van der Waals surface area contributed by atoms with Gasteiger partial charge in [0, 0.05) is 34.6 Å². The number of amides is 2. The lowest BCUT2D eigenvalue weighted by molar-refractivity contribution is 0.0988. The summed E-state index contributed by atoms with van der Waals surface area (Å²) in [6.45, 7) is 2.42. The van der Waals surface area contributed by atoms with Gasteiger partial charge in [0.05, 0.1) is 0 Å². The lowest BCUT2D eigenvalue weighted by Crippen LogP contribution is -2.28. The Balaban J connectivity index is 1.26. The highest BCUT2D eigenvalue weighted by atomic mass is 16.5. The van der Waals surface area contributed by atoms with Crippen LogP contribution in [0.15, 0.2) is 77.3 Å². The Morgan fingerprint density at radius 3 is 2.38 bits per heavy atom. The fourth-order valence-corrected chi connectivity index (χ4v) is 3.78. The average molecular weight is 424 g/mol. The number of nitrogens with one attached hydrogen (secondary N) is 1. The zero-order chi connectivity index (χ0) is 22.1. The van der Waals surface area contributed by atoms with Crippen LogP contribution in [0.25, 0.3) is 11.5 Å². The molecule has 158 valence electrons. The second kappa shape index (κ2) is 8.11. The first-order valence-electron chi connectivity index (χ1n) is 10.3. The minimum atomic E-state index is -0.245. The van der Waals surface area contributed by atoms with Crippen molar-refractivity contribution in [3.8, 4) is 11.5 Å². The summed E-state index contributed by atoms with van der Waals surface area (Å²) in [4.78, 5) is 31.5. The number of hydrogen-bond donors (Lipinski definition) is 1. The second-order valence-electron chi connectivity index (χ2n) is 7.59. The van der Waals surface area contributed by atoms with Crippen molar-refractivity contribution in [2.75, 3.05) is 16.8 Å². The van der Waals surface area contributed by atoms with Crippen LogP contribution >= 0.6 is 0 Å². The van der Waals surface area contributed by atoms with Gasteiger partial charge in [-0.05, 0) is 73.5 Å². The van der Waals surface area contributed by atoms with Gasteiger partial charge >= 0.3 is 0 Å². The first kappa shape index (κ1) is 19.7. The van der Waals surface area contributed by atoms with Crippen molar-refractivity contribution in [1.82, 2.24) is 10.1 Å². The third kappa shape index (κ3) is 3.76. The predicted octanol–water partition coefficient (Wildman–Crippen LogP) is 4.50. The van der Waals surface area contributed by atoms with Gasteiger partial charge in [-0.3, -0.25) is 9.59 Å². The van der Waals surface area contributed by atoms with Crippen LogP contribution < -0.4 is 10.2 Å². The Kier molecular flexibility index (Phi) is 4.99. The Bertz CT molecular complexity index is 1290. The molecule has 0 bridgehead atoms. The monoisotopic (exact) mass is 424 g/mol. The quantitative estimate of drug-likeness (QED) is 0.521. The molecule has 0 spiro atoms. The van der Waals surface area contributed by atoms with E-state index in [2.05, 4.69) is 21.5 Å². The fourth-order valence-electron chi connectivity index (χ4n) is 3.78. The van der Waals surface area contributed by atoms with Crippen molar-refractivity contribution in [3.05, 3.63) is 95.3 Å². The SMILES string of the molecule is Cc1noc(-c2ccc(C(=O)Nc3ccc(C(=O)N4CCc5ccccc54)cc3)cc2)n1. The molecular weight excluding hydrogens is 404 g/mol. The maximum atomic E-state index is 12.9. The predicted molar refractivity (Wildman–Crippen MR) is 121 cm³/mol. The van der Waals surface area contributed by atoms with Gasteiger partial charge in [0.15, 0.2) is 5.82 Å². The number of rotatable bonds is 4. The highest BCUT2D eigenvalue weighted by Gasteiger charge is 2.25. The largest absolute Gasteiger partial charge is 0.334 e. The van der Waals surface area contributed by atoms with Crippen LogP contribution in [0, 0.1) is 6.92 Å². The first-order valence-corrected chi connectivity index (χ1v) is 10.3. The summed E-state index contributed by atoms with van der Waals surface area (Å²) in [5.41, 5.74) is 4.59. The highest BCUT2D eigenvalue weighted by molar-refractivity contribution is 6.08. The van der Waals surface area contributed by atoms with Gasteiger partial charge in [-0.2, -0.15) is 4.98 Å². The molecule has 1 N–H and O–H groups in total. The summed E-state index contributed by atoms with van der Waals surface area (Å²) >= 11 is 0. The minimum Gasteiger partial charge on any atom is -0.334 e. The Morgan fingerprint density at radius 2 is 1.66 bits per heavy atom. The van der Waals surface area contributed by atoms with E-state index in [1.807, 2.05) is 18.2 Å². The van der Waals surface area contributed by atoms with Gasteiger partial charge in [0.25, 0.3) is 17.7 Å². The second-order valence-corrected chi connectivity index (χ2v) is 7.59. The van der Waals surface area contributed by atoms with E-state index in [4.69, 9.17) is 4.52 Å². The summed E-state index contributed by atoms with van der Waals surface area (Å²) in [5, 5.41) is 6.63. The molecule has 1 aromatic heterocycles. The number of fused-ring (bicyclic) bond motifs is 1. The lowest BCUT2D eigenvalue weighted by Gasteiger charge is -2.17. The van der Waals surface area contributed by atoms with E-state index in [9.17, 15) is 9.59 Å². The smallest absolute Gasteiger partial charge is 0.258 e. The summed E-state index contributed by atoms with van der Waals surface area (Å²) < 4.78 is 5.14. The van der Waals surface area contributed by atoms with Crippen molar-refractivity contribution in [1.29, 1.82) is 0 Å².